The summed E-state index contributed by atoms with van der Waals surface area (Å²) in [6, 6.07) is 15.6. The highest BCUT2D eigenvalue weighted by atomic mass is 19.1. The van der Waals surface area contributed by atoms with Gasteiger partial charge in [-0.15, -0.1) is 0 Å². The van der Waals surface area contributed by atoms with Gasteiger partial charge in [-0.2, -0.15) is 5.10 Å². The molecule has 1 aromatic heterocycles. The molecule has 2 aromatic carbocycles. The van der Waals surface area contributed by atoms with E-state index >= 15 is 0 Å². The average Bonchev–Trinajstić information content (AvgIpc) is 2.97. The Hall–Kier alpha value is -3.74. The molecule has 3 rings (SSSR count). The molecule has 7 heteroatoms. The number of nitrogens with zero attached hydrogens (tertiary/aromatic N) is 2. The summed E-state index contributed by atoms with van der Waals surface area (Å²) in [5, 5.41) is 6.07. The van der Waals surface area contributed by atoms with Crippen molar-refractivity contribution in [2.45, 2.75) is 20.8 Å². The smallest absolute Gasteiger partial charge is 0.318 e. The quantitative estimate of drug-likeness (QED) is 0.404. The van der Waals surface area contributed by atoms with Gasteiger partial charge in [-0.05, 0) is 50.6 Å². The van der Waals surface area contributed by atoms with Crippen molar-refractivity contribution in [1.29, 1.82) is 0 Å². The zero-order valence-electron chi connectivity index (χ0n) is 16.4. The van der Waals surface area contributed by atoms with E-state index in [4.69, 9.17) is 0 Å². The Morgan fingerprint density at radius 1 is 1.00 bits per heavy atom. The van der Waals surface area contributed by atoms with Gasteiger partial charge in [0.15, 0.2) is 0 Å². The Labute approximate surface area is 168 Å². The summed E-state index contributed by atoms with van der Waals surface area (Å²) >= 11 is 0. The topological polar surface area (TPSA) is 75.5 Å². The fourth-order valence-corrected chi connectivity index (χ4v) is 3.06. The number of para-hydroxylation sites is 2. The molecular weight excluding hydrogens is 371 g/mol. The Kier molecular flexibility index (Phi) is 5.87. The van der Waals surface area contributed by atoms with Crippen LogP contribution < -0.4 is 10.7 Å². The van der Waals surface area contributed by atoms with Gasteiger partial charge in [0.25, 0.3) is 0 Å². The lowest BCUT2D eigenvalue weighted by Crippen LogP contribution is -2.32. The van der Waals surface area contributed by atoms with Crippen LogP contribution in [0.5, 0.6) is 0 Å². The van der Waals surface area contributed by atoms with Crippen molar-refractivity contribution < 1.29 is 14.0 Å². The molecule has 148 valence electrons. The fourth-order valence-electron chi connectivity index (χ4n) is 3.06. The lowest BCUT2D eigenvalue weighted by atomic mass is 10.2. The van der Waals surface area contributed by atoms with Crippen LogP contribution in [0.2, 0.25) is 0 Å². The van der Waals surface area contributed by atoms with Crippen LogP contribution in [0.25, 0.3) is 5.69 Å². The van der Waals surface area contributed by atoms with Crippen molar-refractivity contribution >= 4 is 23.7 Å². The summed E-state index contributed by atoms with van der Waals surface area (Å²) in [4.78, 5) is 23.8. The minimum absolute atomic E-state index is 0.0709. The van der Waals surface area contributed by atoms with Crippen LogP contribution in [-0.4, -0.2) is 22.6 Å². The molecule has 0 aliphatic heterocycles. The molecule has 2 amide bonds. The average molecular weight is 392 g/mol. The normalized spacial score (nSPS) is 10.9. The Morgan fingerprint density at radius 3 is 2.41 bits per heavy atom. The van der Waals surface area contributed by atoms with Crippen LogP contribution >= 0.6 is 0 Å². The molecule has 0 atom stereocenters. The number of nitrogens with one attached hydrogen (secondary N) is 2. The monoisotopic (exact) mass is 392 g/mol. The minimum Gasteiger partial charge on any atom is -0.318 e. The number of carbonyl (C=O) groups is 2. The maximum atomic E-state index is 13.6. The first kappa shape index (κ1) is 20.0. The largest absolute Gasteiger partial charge is 0.329 e. The summed E-state index contributed by atoms with van der Waals surface area (Å²) in [6.45, 7) is 5.97. The maximum Gasteiger partial charge on any atom is 0.329 e. The molecule has 2 N–H and O–H groups in total. The van der Waals surface area contributed by atoms with Crippen LogP contribution in [0.15, 0.2) is 59.7 Å². The number of hydrogen-bond acceptors (Lipinski definition) is 3. The van der Waals surface area contributed by atoms with Crippen LogP contribution in [0.1, 0.15) is 22.5 Å². The van der Waals surface area contributed by atoms with E-state index in [1.807, 2.05) is 51.1 Å². The number of aryl methyl sites for hydroxylation is 2. The molecule has 0 bridgehead atoms. The van der Waals surface area contributed by atoms with Gasteiger partial charge >= 0.3 is 11.8 Å². The fraction of sp³-hybridized carbons (Fsp3) is 0.136. The van der Waals surface area contributed by atoms with Crippen molar-refractivity contribution in [3.05, 3.63) is 82.9 Å². The number of halogens is 1. The lowest BCUT2D eigenvalue weighted by molar-refractivity contribution is -0.136. The van der Waals surface area contributed by atoms with Crippen LogP contribution in [0, 0.1) is 26.6 Å². The van der Waals surface area contributed by atoms with Crippen molar-refractivity contribution in [3.8, 4) is 5.69 Å². The zero-order chi connectivity index (χ0) is 21.0. The Balaban J connectivity index is 1.70. The van der Waals surface area contributed by atoms with Crippen molar-refractivity contribution in [2.24, 2.45) is 5.10 Å². The SMILES string of the molecule is Cc1ccccc1-n1c(C)cc(/C=N\NC(=O)C(=O)Nc2ccccc2F)c1C. The number of benzene rings is 2. The number of carbonyl (C=O) groups excluding carboxylic acids is 2. The lowest BCUT2D eigenvalue weighted by Gasteiger charge is -2.12. The van der Waals surface area contributed by atoms with Crippen LogP contribution in [-0.2, 0) is 9.59 Å². The number of anilines is 1. The van der Waals surface area contributed by atoms with Gasteiger partial charge in [-0.25, -0.2) is 9.82 Å². The van der Waals surface area contributed by atoms with Gasteiger partial charge < -0.3 is 9.88 Å². The zero-order valence-corrected chi connectivity index (χ0v) is 16.4. The Bertz CT molecular complexity index is 1100. The molecule has 0 saturated heterocycles. The first-order valence-corrected chi connectivity index (χ1v) is 9.02. The van der Waals surface area contributed by atoms with E-state index in [9.17, 15) is 14.0 Å². The third-order valence-corrected chi connectivity index (χ3v) is 4.52. The van der Waals surface area contributed by atoms with Gasteiger partial charge in [-0.1, -0.05) is 30.3 Å². The molecule has 0 radical (unpaired) electrons. The molecule has 0 aliphatic rings. The van der Waals surface area contributed by atoms with Crippen LogP contribution in [0.3, 0.4) is 0 Å². The number of amides is 2. The number of aromatic nitrogens is 1. The summed E-state index contributed by atoms with van der Waals surface area (Å²) in [5.74, 6) is -2.62. The van der Waals surface area contributed by atoms with E-state index in [1.54, 1.807) is 6.07 Å². The third kappa shape index (κ3) is 4.40. The molecule has 3 aromatic rings. The predicted molar refractivity (Wildman–Crippen MR) is 111 cm³/mol. The van der Waals surface area contributed by atoms with Crippen molar-refractivity contribution in [2.75, 3.05) is 5.32 Å². The molecule has 6 nitrogen and oxygen atoms in total. The highest BCUT2D eigenvalue weighted by Gasteiger charge is 2.15. The second kappa shape index (κ2) is 8.52. The maximum absolute atomic E-state index is 13.6. The predicted octanol–water partition coefficient (Wildman–Crippen LogP) is 3.63. The number of rotatable bonds is 4. The second-order valence-corrected chi connectivity index (χ2v) is 6.58. The number of hydrazone groups is 1. The van der Waals surface area contributed by atoms with E-state index in [1.165, 1.54) is 24.4 Å². The molecule has 0 spiro atoms. The van der Waals surface area contributed by atoms with Crippen LogP contribution in [0.4, 0.5) is 10.1 Å². The molecule has 29 heavy (non-hydrogen) atoms. The standard InChI is InChI=1S/C22H21FN4O2/c1-14-8-4-7-11-20(14)27-15(2)12-17(16(27)3)13-24-26-22(29)21(28)25-19-10-6-5-9-18(19)23/h4-13H,1-3H3,(H,25,28)(H,26,29)/b24-13-. The van der Waals surface area contributed by atoms with E-state index in [-0.39, 0.29) is 5.69 Å². The van der Waals surface area contributed by atoms with Gasteiger partial charge in [0.1, 0.15) is 5.82 Å². The highest BCUT2D eigenvalue weighted by Crippen LogP contribution is 2.22. The van der Waals surface area contributed by atoms with Gasteiger partial charge in [0, 0.05) is 22.6 Å². The van der Waals surface area contributed by atoms with Crippen molar-refractivity contribution in [3.63, 3.8) is 0 Å². The van der Waals surface area contributed by atoms with Gasteiger partial charge in [0.2, 0.25) is 0 Å². The van der Waals surface area contributed by atoms with E-state index in [2.05, 4.69) is 20.4 Å². The first-order chi connectivity index (χ1) is 13.9. The molecule has 0 aliphatic carbocycles. The molecule has 0 unspecified atom stereocenters. The van der Waals surface area contributed by atoms with Gasteiger partial charge in [-0.3, -0.25) is 9.59 Å². The van der Waals surface area contributed by atoms with E-state index in [0.29, 0.717) is 0 Å². The van der Waals surface area contributed by atoms with Gasteiger partial charge in [0.05, 0.1) is 11.9 Å². The van der Waals surface area contributed by atoms with E-state index in [0.717, 1.165) is 28.2 Å². The summed E-state index contributed by atoms with van der Waals surface area (Å²) in [6.07, 6.45) is 1.48. The van der Waals surface area contributed by atoms with Crippen molar-refractivity contribution in [1.82, 2.24) is 9.99 Å². The third-order valence-electron chi connectivity index (χ3n) is 4.52. The summed E-state index contributed by atoms with van der Waals surface area (Å²) < 4.78 is 15.7. The minimum atomic E-state index is -1.00. The Morgan fingerprint density at radius 2 is 1.69 bits per heavy atom. The molecular formula is C22H21FN4O2. The number of hydrogen-bond donors (Lipinski definition) is 2. The molecule has 0 fully saturated rings. The van der Waals surface area contributed by atoms with E-state index < -0.39 is 17.6 Å². The highest BCUT2D eigenvalue weighted by molar-refractivity contribution is 6.39. The first-order valence-electron chi connectivity index (χ1n) is 9.02. The second-order valence-electron chi connectivity index (χ2n) is 6.58. The summed E-state index contributed by atoms with van der Waals surface area (Å²) in [5.41, 5.74) is 7.07. The summed E-state index contributed by atoms with van der Waals surface area (Å²) in [7, 11) is 0. The molecule has 0 saturated carbocycles. The molecule has 1 heterocycles.